The summed E-state index contributed by atoms with van der Waals surface area (Å²) in [5, 5.41) is 0. The number of rotatable bonds is 1. The van der Waals surface area contributed by atoms with Crippen molar-refractivity contribution in [1.29, 1.82) is 0 Å². The van der Waals surface area contributed by atoms with Gasteiger partial charge in [-0.2, -0.15) is 0 Å². The number of nitrogens with two attached hydrogens (primary N) is 1. The van der Waals surface area contributed by atoms with Crippen LogP contribution >= 0.6 is 0 Å². The Kier molecular flexibility index (Phi) is 2.34. The molecule has 0 fully saturated rings. The fourth-order valence-corrected chi connectivity index (χ4v) is 1.86. The molecule has 1 aliphatic rings. The van der Waals surface area contributed by atoms with Gasteiger partial charge < -0.3 is 10.5 Å². The van der Waals surface area contributed by atoms with Crippen molar-refractivity contribution >= 4 is 0 Å². The van der Waals surface area contributed by atoms with E-state index in [-0.39, 0.29) is 12.1 Å². The number of hydrogen-bond donors (Lipinski definition) is 1. The van der Waals surface area contributed by atoms with Crippen LogP contribution in [0.25, 0.3) is 0 Å². The maximum Gasteiger partial charge on any atom is 0.0769 e. The van der Waals surface area contributed by atoms with Gasteiger partial charge in [-0.3, -0.25) is 0 Å². The number of benzene rings is 1. The minimum atomic E-state index is 0.0509. The molecule has 2 atom stereocenters. The zero-order valence-electron chi connectivity index (χ0n) is 7.86. The Hall–Kier alpha value is -0.860. The summed E-state index contributed by atoms with van der Waals surface area (Å²) >= 11 is 0. The van der Waals surface area contributed by atoms with E-state index >= 15 is 0 Å². The van der Waals surface area contributed by atoms with Gasteiger partial charge in [-0.15, -0.1) is 0 Å². The van der Waals surface area contributed by atoms with E-state index in [4.69, 9.17) is 10.5 Å². The molecule has 70 valence electrons. The van der Waals surface area contributed by atoms with E-state index in [1.807, 2.05) is 12.1 Å². The lowest BCUT2D eigenvalue weighted by Crippen LogP contribution is -2.33. The summed E-state index contributed by atoms with van der Waals surface area (Å²) in [5.74, 6) is 0. The molecule has 2 unspecified atom stereocenters. The molecule has 1 heterocycles. The predicted octanol–water partition coefficient (Wildman–Crippen LogP) is 2.00. The molecule has 13 heavy (non-hydrogen) atoms. The molecule has 2 N–H and O–H groups in total. The predicted molar refractivity (Wildman–Crippen MR) is 52.2 cm³/mol. The Balaban J connectivity index is 2.33. The van der Waals surface area contributed by atoms with Crippen LogP contribution in [0.2, 0.25) is 0 Å². The number of ether oxygens (including phenoxy) is 1. The Morgan fingerprint density at radius 2 is 2.23 bits per heavy atom. The van der Waals surface area contributed by atoms with Crippen molar-refractivity contribution in [3.05, 3.63) is 35.4 Å². The van der Waals surface area contributed by atoms with Gasteiger partial charge in [0.2, 0.25) is 0 Å². The molecule has 2 heteroatoms. The lowest BCUT2D eigenvalue weighted by molar-refractivity contribution is 0.00680. The smallest absolute Gasteiger partial charge is 0.0769 e. The SMILES string of the molecule is CCC1OCc2ccccc2C1N. The molecule has 0 aliphatic carbocycles. The second kappa shape index (κ2) is 3.48. The third-order valence-electron chi connectivity index (χ3n) is 2.67. The molecular weight excluding hydrogens is 162 g/mol. The van der Waals surface area contributed by atoms with Gasteiger partial charge in [0.1, 0.15) is 0 Å². The highest BCUT2D eigenvalue weighted by Gasteiger charge is 2.25. The summed E-state index contributed by atoms with van der Waals surface area (Å²) in [6.07, 6.45) is 1.17. The summed E-state index contributed by atoms with van der Waals surface area (Å²) in [4.78, 5) is 0. The van der Waals surface area contributed by atoms with Crippen LogP contribution in [0.5, 0.6) is 0 Å². The molecule has 0 spiro atoms. The monoisotopic (exact) mass is 177 g/mol. The lowest BCUT2D eigenvalue weighted by Gasteiger charge is -2.30. The number of hydrogen-bond acceptors (Lipinski definition) is 2. The van der Waals surface area contributed by atoms with E-state index in [9.17, 15) is 0 Å². The van der Waals surface area contributed by atoms with Gasteiger partial charge in [0.15, 0.2) is 0 Å². The van der Waals surface area contributed by atoms with Crippen molar-refractivity contribution in [3.63, 3.8) is 0 Å². The summed E-state index contributed by atoms with van der Waals surface area (Å²) in [6, 6.07) is 8.31. The van der Waals surface area contributed by atoms with Crippen LogP contribution in [0.15, 0.2) is 24.3 Å². The zero-order valence-corrected chi connectivity index (χ0v) is 7.86. The highest BCUT2D eigenvalue weighted by atomic mass is 16.5. The van der Waals surface area contributed by atoms with Crippen molar-refractivity contribution in [1.82, 2.24) is 0 Å². The highest BCUT2D eigenvalue weighted by Crippen LogP contribution is 2.28. The van der Waals surface area contributed by atoms with Crippen LogP contribution in [0.4, 0.5) is 0 Å². The summed E-state index contributed by atoms with van der Waals surface area (Å²) in [5.41, 5.74) is 8.56. The van der Waals surface area contributed by atoms with Gasteiger partial charge in [-0.25, -0.2) is 0 Å². The number of fused-ring (bicyclic) bond motifs is 1. The minimum absolute atomic E-state index is 0.0509. The van der Waals surface area contributed by atoms with Gasteiger partial charge in [0, 0.05) is 0 Å². The molecule has 2 rings (SSSR count). The van der Waals surface area contributed by atoms with E-state index in [0.717, 1.165) is 6.42 Å². The van der Waals surface area contributed by atoms with Crippen molar-refractivity contribution in [2.45, 2.75) is 32.1 Å². The standard InChI is InChI=1S/C11H15NO/c1-2-10-11(12)9-6-4-3-5-8(9)7-13-10/h3-6,10-11H,2,7,12H2,1H3. The van der Waals surface area contributed by atoms with Crippen molar-refractivity contribution in [3.8, 4) is 0 Å². The maximum absolute atomic E-state index is 6.08. The first-order chi connectivity index (χ1) is 6.33. The summed E-state index contributed by atoms with van der Waals surface area (Å²) < 4.78 is 5.64. The Morgan fingerprint density at radius 1 is 1.46 bits per heavy atom. The molecule has 0 amide bonds. The Labute approximate surface area is 78.7 Å². The maximum atomic E-state index is 6.08. The van der Waals surface area contributed by atoms with Crippen molar-refractivity contribution in [2.75, 3.05) is 0 Å². The van der Waals surface area contributed by atoms with Crippen molar-refractivity contribution in [2.24, 2.45) is 5.73 Å². The first-order valence-electron chi connectivity index (χ1n) is 4.78. The van der Waals surface area contributed by atoms with Gasteiger partial charge in [-0.1, -0.05) is 31.2 Å². The first kappa shape index (κ1) is 8.73. The van der Waals surface area contributed by atoms with Gasteiger partial charge >= 0.3 is 0 Å². The molecule has 2 nitrogen and oxygen atoms in total. The minimum Gasteiger partial charge on any atom is -0.372 e. The van der Waals surface area contributed by atoms with E-state index in [1.165, 1.54) is 11.1 Å². The summed E-state index contributed by atoms with van der Waals surface area (Å²) in [6.45, 7) is 2.82. The molecule has 0 aromatic heterocycles. The molecular formula is C11H15NO. The fourth-order valence-electron chi connectivity index (χ4n) is 1.86. The van der Waals surface area contributed by atoms with Crippen LogP contribution in [0, 0.1) is 0 Å². The highest BCUT2D eigenvalue weighted by molar-refractivity contribution is 5.31. The van der Waals surface area contributed by atoms with Crippen LogP contribution in [0.1, 0.15) is 30.5 Å². The third-order valence-corrected chi connectivity index (χ3v) is 2.67. The van der Waals surface area contributed by atoms with Crippen LogP contribution < -0.4 is 5.73 Å². The third kappa shape index (κ3) is 1.47. The average Bonchev–Trinajstić information content (AvgIpc) is 2.19. The van der Waals surface area contributed by atoms with E-state index in [2.05, 4.69) is 19.1 Å². The quantitative estimate of drug-likeness (QED) is 0.712. The van der Waals surface area contributed by atoms with Crippen LogP contribution in [0.3, 0.4) is 0 Å². The second-order valence-electron chi connectivity index (χ2n) is 3.48. The fraction of sp³-hybridized carbons (Fsp3) is 0.455. The summed E-state index contributed by atoms with van der Waals surface area (Å²) in [7, 11) is 0. The molecule has 1 aromatic carbocycles. The molecule has 0 bridgehead atoms. The Bertz CT molecular complexity index is 298. The molecule has 0 saturated carbocycles. The van der Waals surface area contributed by atoms with Gasteiger partial charge in [-0.05, 0) is 17.5 Å². The normalized spacial score (nSPS) is 26.9. The van der Waals surface area contributed by atoms with E-state index in [1.54, 1.807) is 0 Å². The van der Waals surface area contributed by atoms with Gasteiger partial charge in [0.25, 0.3) is 0 Å². The topological polar surface area (TPSA) is 35.2 Å². The van der Waals surface area contributed by atoms with E-state index in [0.29, 0.717) is 6.61 Å². The van der Waals surface area contributed by atoms with Crippen LogP contribution in [-0.2, 0) is 11.3 Å². The lowest BCUT2D eigenvalue weighted by atomic mass is 9.93. The van der Waals surface area contributed by atoms with Gasteiger partial charge in [0.05, 0.1) is 18.8 Å². The average molecular weight is 177 g/mol. The zero-order chi connectivity index (χ0) is 9.26. The first-order valence-corrected chi connectivity index (χ1v) is 4.78. The molecule has 0 saturated heterocycles. The largest absolute Gasteiger partial charge is 0.372 e. The second-order valence-corrected chi connectivity index (χ2v) is 3.48. The molecule has 0 radical (unpaired) electrons. The van der Waals surface area contributed by atoms with Crippen molar-refractivity contribution < 1.29 is 4.74 Å². The van der Waals surface area contributed by atoms with Crippen LogP contribution in [-0.4, -0.2) is 6.10 Å². The molecule has 1 aromatic rings. The molecule has 1 aliphatic heterocycles. The Morgan fingerprint density at radius 3 is 3.00 bits per heavy atom. The van der Waals surface area contributed by atoms with E-state index < -0.39 is 0 Å².